The molecule has 1 N–H and O–H groups in total. The Morgan fingerprint density at radius 2 is 2.03 bits per heavy atom. The first kappa shape index (κ1) is 25.4. The average molecular weight is 534 g/mol. The van der Waals surface area contributed by atoms with Gasteiger partial charge in [0.1, 0.15) is 6.10 Å². The van der Waals surface area contributed by atoms with Crippen LogP contribution in [0.3, 0.4) is 0 Å². The predicted octanol–water partition coefficient (Wildman–Crippen LogP) is 2.12. The molecular formula is C21H39IN6O2. The number of aryl methyl sites for hydroxylation is 1. The minimum atomic E-state index is 0. The summed E-state index contributed by atoms with van der Waals surface area (Å²) in [5.74, 6) is 1.64. The SMILES string of the molecule is CCNC(=NCC(CC(C)C)N1CCOCC1)N1CCOC(c2cnn(C)c2)C1.I. The Balaban J connectivity index is 0.00000320. The van der Waals surface area contributed by atoms with Crippen molar-refractivity contribution in [1.29, 1.82) is 0 Å². The van der Waals surface area contributed by atoms with E-state index in [1.807, 2.05) is 24.1 Å². The van der Waals surface area contributed by atoms with E-state index in [1.54, 1.807) is 0 Å². The fraction of sp³-hybridized carbons (Fsp3) is 0.810. The van der Waals surface area contributed by atoms with Gasteiger partial charge in [0.05, 0.1) is 39.1 Å². The number of aliphatic imine (C=N–C) groups is 1. The number of guanidine groups is 1. The Morgan fingerprint density at radius 3 is 2.67 bits per heavy atom. The molecule has 0 aromatic carbocycles. The third kappa shape index (κ3) is 7.35. The first-order valence-electron chi connectivity index (χ1n) is 11.0. The predicted molar refractivity (Wildman–Crippen MR) is 131 cm³/mol. The highest BCUT2D eigenvalue weighted by atomic mass is 127. The number of hydrogen-bond donors (Lipinski definition) is 1. The molecule has 3 rings (SSSR count). The van der Waals surface area contributed by atoms with Crippen LogP contribution in [-0.2, 0) is 16.5 Å². The Hall–Kier alpha value is -0.910. The smallest absolute Gasteiger partial charge is 0.194 e. The van der Waals surface area contributed by atoms with Crippen molar-refractivity contribution in [1.82, 2.24) is 24.9 Å². The maximum atomic E-state index is 6.01. The molecule has 2 aliphatic rings. The standard InChI is InChI=1S/C21H38N6O2.HI/c1-5-22-21(23-14-19(12-17(2)3)26-6-9-28-10-7-26)27-8-11-29-20(16-27)18-13-24-25(4)15-18;/h13,15,17,19-20H,5-12,14,16H2,1-4H3,(H,22,23);1H. The number of morpholine rings is 2. The minimum Gasteiger partial charge on any atom is -0.379 e. The van der Waals surface area contributed by atoms with Crippen LogP contribution in [0, 0.1) is 5.92 Å². The van der Waals surface area contributed by atoms with Gasteiger partial charge in [0.15, 0.2) is 5.96 Å². The van der Waals surface area contributed by atoms with E-state index in [2.05, 4.69) is 41.0 Å². The van der Waals surface area contributed by atoms with Crippen LogP contribution < -0.4 is 5.32 Å². The second-order valence-electron chi connectivity index (χ2n) is 8.38. The summed E-state index contributed by atoms with van der Waals surface area (Å²) in [6.45, 7) is 14.4. The zero-order valence-electron chi connectivity index (χ0n) is 18.9. The molecule has 2 saturated heterocycles. The maximum Gasteiger partial charge on any atom is 0.194 e. The molecule has 2 fully saturated rings. The quantitative estimate of drug-likeness (QED) is 0.329. The summed E-state index contributed by atoms with van der Waals surface area (Å²) >= 11 is 0. The van der Waals surface area contributed by atoms with Crippen LogP contribution in [0.15, 0.2) is 17.4 Å². The van der Waals surface area contributed by atoms with Crippen LogP contribution in [0.4, 0.5) is 0 Å². The third-order valence-corrected chi connectivity index (χ3v) is 5.55. The fourth-order valence-electron chi connectivity index (χ4n) is 4.09. The maximum absolute atomic E-state index is 6.01. The summed E-state index contributed by atoms with van der Waals surface area (Å²) in [5, 5.41) is 7.79. The monoisotopic (exact) mass is 534 g/mol. The lowest BCUT2D eigenvalue weighted by Gasteiger charge is -2.36. The van der Waals surface area contributed by atoms with E-state index in [1.165, 1.54) is 0 Å². The summed E-state index contributed by atoms with van der Waals surface area (Å²) in [6, 6.07) is 0.461. The molecule has 0 bridgehead atoms. The molecule has 0 spiro atoms. The van der Waals surface area contributed by atoms with Crippen molar-refractivity contribution >= 4 is 29.9 Å². The van der Waals surface area contributed by atoms with Crippen LogP contribution in [0.25, 0.3) is 0 Å². The van der Waals surface area contributed by atoms with Crippen molar-refractivity contribution in [2.75, 3.05) is 59.1 Å². The number of halogens is 1. The molecule has 30 heavy (non-hydrogen) atoms. The van der Waals surface area contributed by atoms with Gasteiger partial charge in [-0.15, -0.1) is 24.0 Å². The van der Waals surface area contributed by atoms with Gasteiger partial charge in [-0.3, -0.25) is 14.6 Å². The molecule has 172 valence electrons. The molecule has 0 amide bonds. The number of nitrogens with one attached hydrogen (secondary N) is 1. The van der Waals surface area contributed by atoms with Gasteiger partial charge in [-0.2, -0.15) is 5.10 Å². The van der Waals surface area contributed by atoms with Crippen molar-refractivity contribution in [2.24, 2.45) is 18.0 Å². The Labute approximate surface area is 198 Å². The third-order valence-electron chi connectivity index (χ3n) is 5.55. The molecule has 3 heterocycles. The van der Waals surface area contributed by atoms with Gasteiger partial charge in [0, 0.05) is 51.0 Å². The zero-order chi connectivity index (χ0) is 20.6. The highest BCUT2D eigenvalue weighted by molar-refractivity contribution is 14.0. The summed E-state index contributed by atoms with van der Waals surface area (Å²) < 4.78 is 13.4. The van der Waals surface area contributed by atoms with E-state index in [-0.39, 0.29) is 30.1 Å². The molecular weight excluding hydrogens is 495 g/mol. The zero-order valence-corrected chi connectivity index (χ0v) is 21.2. The highest BCUT2D eigenvalue weighted by Gasteiger charge is 2.26. The van der Waals surface area contributed by atoms with E-state index in [4.69, 9.17) is 14.5 Å². The van der Waals surface area contributed by atoms with Gasteiger partial charge in [0.25, 0.3) is 0 Å². The van der Waals surface area contributed by atoms with Crippen molar-refractivity contribution in [2.45, 2.75) is 39.3 Å². The number of aromatic nitrogens is 2. The summed E-state index contributed by atoms with van der Waals surface area (Å²) in [5.41, 5.74) is 1.12. The highest BCUT2D eigenvalue weighted by Crippen LogP contribution is 2.22. The largest absolute Gasteiger partial charge is 0.379 e. The summed E-state index contributed by atoms with van der Waals surface area (Å²) in [6.07, 6.45) is 5.13. The lowest BCUT2D eigenvalue weighted by molar-refractivity contribution is -0.00827. The van der Waals surface area contributed by atoms with E-state index < -0.39 is 0 Å². The average Bonchev–Trinajstić information content (AvgIpc) is 3.17. The Morgan fingerprint density at radius 1 is 1.27 bits per heavy atom. The number of nitrogens with zero attached hydrogens (tertiary/aromatic N) is 5. The number of hydrogen-bond acceptors (Lipinski definition) is 5. The van der Waals surface area contributed by atoms with Gasteiger partial charge >= 0.3 is 0 Å². The topological polar surface area (TPSA) is 67.2 Å². The van der Waals surface area contributed by atoms with E-state index >= 15 is 0 Å². The molecule has 2 unspecified atom stereocenters. The van der Waals surface area contributed by atoms with Crippen LogP contribution >= 0.6 is 24.0 Å². The first-order chi connectivity index (χ1) is 14.1. The van der Waals surface area contributed by atoms with Crippen LogP contribution in [0.5, 0.6) is 0 Å². The summed E-state index contributed by atoms with van der Waals surface area (Å²) in [4.78, 5) is 9.95. The molecule has 8 nitrogen and oxygen atoms in total. The van der Waals surface area contributed by atoms with Gasteiger partial charge in [-0.05, 0) is 19.3 Å². The van der Waals surface area contributed by atoms with Gasteiger partial charge in [-0.25, -0.2) is 0 Å². The van der Waals surface area contributed by atoms with Gasteiger partial charge < -0.3 is 19.7 Å². The Kier molecular flexibility index (Phi) is 10.8. The first-order valence-corrected chi connectivity index (χ1v) is 11.0. The number of rotatable bonds is 7. The molecule has 2 atom stereocenters. The molecule has 0 aliphatic carbocycles. The summed E-state index contributed by atoms with van der Waals surface area (Å²) in [7, 11) is 1.94. The lowest BCUT2D eigenvalue weighted by atomic mass is 10.0. The van der Waals surface area contributed by atoms with Gasteiger partial charge in [0.2, 0.25) is 0 Å². The molecule has 1 aromatic rings. The molecule has 0 saturated carbocycles. The minimum absolute atomic E-state index is 0. The van der Waals surface area contributed by atoms with Crippen molar-refractivity contribution in [3.8, 4) is 0 Å². The molecule has 0 radical (unpaired) electrons. The van der Waals surface area contributed by atoms with E-state index in [9.17, 15) is 0 Å². The fourth-order valence-corrected chi connectivity index (χ4v) is 4.09. The van der Waals surface area contributed by atoms with Crippen LogP contribution in [0.2, 0.25) is 0 Å². The second-order valence-corrected chi connectivity index (χ2v) is 8.38. The van der Waals surface area contributed by atoms with Gasteiger partial charge in [-0.1, -0.05) is 13.8 Å². The van der Waals surface area contributed by atoms with E-state index in [0.29, 0.717) is 18.6 Å². The molecule has 2 aliphatic heterocycles. The lowest BCUT2D eigenvalue weighted by Crippen LogP contribution is -2.49. The molecule has 9 heteroatoms. The van der Waals surface area contributed by atoms with E-state index in [0.717, 1.165) is 70.4 Å². The van der Waals surface area contributed by atoms with Crippen molar-refractivity contribution in [3.63, 3.8) is 0 Å². The van der Waals surface area contributed by atoms with Crippen LogP contribution in [-0.4, -0.2) is 90.7 Å². The normalized spacial score (nSPS) is 22.1. The number of ether oxygens (including phenoxy) is 2. The second kappa shape index (κ2) is 12.8. The Bertz CT molecular complexity index is 647. The van der Waals surface area contributed by atoms with Crippen molar-refractivity contribution < 1.29 is 9.47 Å². The van der Waals surface area contributed by atoms with Crippen LogP contribution in [0.1, 0.15) is 38.9 Å². The van der Waals surface area contributed by atoms with Crippen molar-refractivity contribution in [3.05, 3.63) is 18.0 Å². The molecule has 1 aromatic heterocycles.